The molecule has 2 aromatic carbocycles. The van der Waals surface area contributed by atoms with Crippen molar-refractivity contribution in [2.45, 2.75) is 13.5 Å². The van der Waals surface area contributed by atoms with E-state index >= 15 is 0 Å². The van der Waals surface area contributed by atoms with E-state index in [1.165, 1.54) is 6.39 Å². The minimum Gasteiger partial charge on any atom is -0.484 e. The van der Waals surface area contributed by atoms with Crippen molar-refractivity contribution in [3.05, 3.63) is 54.4 Å². The van der Waals surface area contributed by atoms with Crippen LogP contribution in [0, 0.1) is 0 Å². The van der Waals surface area contributed by atoms with Crippen LogP contribution in [0.2, 0.25) is 0 Å². The van der Waals surface area contributed by atoms with Gasteiger partial charge in [0.2, 0.25) is 19.1 Å². The van der Waals surface area contributed by atoms with Gasteiger partial charge < -0.3 is 23.5 Å². The average molecular weight is 381 g/mol. The number of aromatic nitrogens is 2. The Bertz CT molecular complexity index is 941. The molecule has 1 aliphatic rings. The minimum absolute atomic E-state index is 0.0434. The van der Waals surface area contributed by atoms with Gasteiger partial charge in [-0.3, -0.25) is 4.79 Å². The fraction of sp³-hybridized carbons (Fsp3) is 0.250. The van der Waals surface area contributed by atoms with Crippen LogP contribution in [0.3, 0.4) is 0 Å². The summed E-state index contributed by atoms with van der Waals surface area (Å²) in [6, 6.07) is 12.8. The molecule has 28 heavy (non-hydrogen) atoms. The number of carbonyl (C=O) groups excluding carboxylic acids is 1. The number of nitrogens with zero attached hydrogens (tertiary/aromatic N) is 3. The lowest BCUT2D eigenvalue weighted by atomic mass is 10.2. The highest BCUT2D eigenvalue weighted by atomic mass is 16.7. The summed E-state index contributed by atoms with van der Waals surface area (Å²) in [6.45, 7) is 3.18. The van der Waals surface area contributed by atoms with E-state index in [4.69, 9.17) is 18.6 Å². The summed E-state index contributed by atoms with van der Waals surface area (Å²) in [5.74, 6) is 2.37. The first-order chi connectivity index (χ1) is 13.7. The molecule has 0 spiro atoms. The molecule has 1 aromatic heterocycles. The van der Waals surface area contributed by atoms with Gasteiger partial charge in [0.15, 0.2) is 18.1 Å². The molecule has 2 heterocycles. The number of rotatable bonds is 7. The lowest BCUT2D eigenvalue weighted by Crippen LogP contribution is -2.34. The third kappa shape index (κ3) is 3.90. The molecule has 0 fully saturated rings. The van der Waals surface area contributed by atoms with E-state index in [9.17, 15) is 4.79 Å². The maximum atomic E-state index is 12.6. The molecule has 1 amide bonds. The third-order valence-corrected chi connectivity index (χ3v) is 4.37. The van der Waals surface area contributed by atoms with Crippen LogP contribution in [-0.4, -0.2) is 40.9 Å². The monoisotopic (exact) mass is 381 g/mol. The van der Waals surface area contributed by atoms with Crippen molar-refractivity contribution in [2.75, 3.05) is 19.9 Å². The van der Waals surface area contributed by atoms with Crippen LogP contribution >= 0.6 is 0 Å². The summed E-state index contributed by atoms with van der Waals surface area (Å²) in [6.07, 6.45) is 1.28. The fourth-order valence-corrected chi connectivity index (χ4v) is 2.86. The highest BCUT2D eigenvalue weighted by molar-refractivity contribution is 5.77. The standard InChI is InChI=1S/C20H19N3O5/c1-2-23(10-14-3-8-17-18(9-14)28-13-27-17)19(24)11-25-16-6-4-15(5-7-16)20-22-21-12-26-20/h3-9,12H,2,10-11,13H2,1H3. The molecule has 0 aliphatic carbocycles. The number of hydrogen-bond acceptors (Lipinski definition) is 7. The van der Waals surface area contributed by atoms with Crippen LogP contribution in [-0.2, 0) is 11.3 Å². The van der Waals surface area contributed by atoms with Gasteiger partial charge in [0, 0.05) is 18.7 Å². The van der Waals surface area contributed by atoms with Gasteiger partial charge in [-0.15, -0.1) is 10.2 Å². The zero-order valence-corrected chi connectivity index (χ0v) is 15.3. The number of benzene rings is 2. The highest BCUT2D eigenvalue weighted by Crippen LogP contribution is 2.32. The number of amides is 1. The molecule has 0 N–H and O–H groups in total. The van der Waals surface area contributed by atoms with E-state index < -0.39 is 0 Å². The molecule has 0 radical (unpaired) electrons. The Kier molecular flexibility index (Phi) is 5.09. The van der Waals surface area contributed by atoms with Gasteiger partial charge in [0.05, 0.1) is 0 Å². The molecular formula is C20H19N3O5. The lowest BCUT2D eigenvalue weighted by Gasteiger charge is -2.21. The summed E-state index contributed by atoms with van der Waals surface area (Å²) in [4.78, 5) is 14.3. The van der Waals surface area contributed by atoms with Gasteiger partial charge in [-0.1, -0.05) is 6.07 Å². The SMILES string of the molecule is CCN(Cc1ccc2c(c1)OCO2)C(=O)COc1ccc(-c2nnco2)cc1. The van der Waals surface area contributed by atoms with Gasteiger partial charge in [0.1, 0.15) is 5.75 Å². The zero-order chi connectivity index (χ0) is 19.3. The Morgan fingerprint density at radius 2 is 1.96 bits per heavy atom. The maximum Gasteiger partial charge on any atom is 0.260 e. The van der Waals surface area contributed by atoms with Crippen molar-refractivity contribution in [3.8, 4) is 28.7 Å². The maximum absolute atomic E-state index is 12.6. The van der Waals surface area contributed by atoms with Crippen LogP contribution in [0.25, 0.3) is 11.5 Å². The van der Waals surface area contributed by atoms with Crippen molar-refractivity contribution in [1.29, 1.82) is 0 Å². The molecule has 8 nitrogen and oxygen atoms in total. The highest BCUT2D eigenvalue weighted by Gasteiger charge is 2.17. The Balaban J connectivity index is 1.34. The predicted octanol–water partition coefficient (Wildman–Crippen LogP) is 2.89. The molecule has 0 saturated carbocycles. The number of likely N-dealkylation sites (N-methyl/N-ethyl adjacent to an activating group) is 1. The van der Waals surface area contributed by atoms with E-state index in [-0.39, 0.29) is 19.3 Å². The Hall–Kier alpha value is -3.55. The number of ether oxygens (including phenoxy) is 3. The van der Waals surface area contributed by atoms with Crippen molar-refractivity contribution in [3.63, 3.8) is 0 Å². The molecule has 8 heteroatoms. The molecular weight excluding hydrogens is 362 g/mol. The largest absolute Gasteiger partial charge is 0.484 e. The first-order valence-electron chi connectivity index (χ1n) is 8.88. The second-order valence-electron chi connectivity index (χ2n) is 6.15. The molecule has 0 unspecified atom stereocenters. The molecule has 4 rings (SSSR count). The molecule has 0 bridgehead atoms. The quantitative estimate of drug-likeness (QED) is 0.622. The smallest absolute Gasteiger partial charge is 0.260 e. The van der Waals surface area contributed by atoms with Crippen molar-refractivity contribution in [1.82, 2.24) is 15.1 Å². The van der Waals surface area contributed by atoms with Gasteiger partial charge >= 0.3 is 0 Å². The van der Waals surface area contributed by atoms with Gasteiger partial charge in [-0.2, -0.15) is 0 Å². The number of carbonyl (C=O) groups is 1. The van der Waals surface area contributed by atoms with E-state index in [2.05, 4.69) is 10.2 Å². The van der Waals surface area contributed by atoms with E-state index in [0.717, 1.165) is 16.9 Å². The van der Waals surface area contributed by atoms with Crippen LogP contribution in [0.4, 0.5) is 0 Å². The Morgan fingerprint density at radius 3 is 2.71 bits per heavy atom. The predicted molar refractivity (Wildman–Crippen MR) is 98.9 cm³/mol. The zero-order valence-electron chi connectivity index (χ0n) is 15.3. The molecule has 3 aromatic rings. The average Bonchev–Trinajstić information content (AvgIpc) is 3.42. The van der Waals surface area contributed by atoms with Crippen LogP contribution in [0.1, 0.15) is 12.5 Å². The van der Waals surface area contributed by atoms with Gasteiger partial charge in [0.25, 0.3) is 5.91 Å². The summed E-state index contributed by atoms with van der Waals surface area (Å²) in [5, 5.41) is 7.50. The second kappa shape index (κ2) is 7.99. The molecule has 0 atom stereocenters. The third-order valence-electron chi connectivity index (χ3n) is 4.37. The lowest BCUT2D eigenvalue weighted by molar-refractivity contribution is -0.133. The normalized spacial score (nSPS) is 12.0. The topological polar surface area (TPSA) is 86.9 Å². The summed E-state index contributed by atoms with van der Waals surface area (Å²) >= 11 is 0. The summed E-state index contributed by atoms with van der Waals surface area (Å²) in [5.41, 5.74) is 1.76. The molecule has 144 valence electrons. The second-order valence-corrected chi connectivity index (χ2v) is 6.15. The number of fused-ring (bicyclic) bond motifs is 1. The summed E-state index contributed by atoms with van der Waals surface area (Å²) < 4.78 is 21.5. The van der Waals surface area contributed by atoms with Gasteiger partial charge in [-0.05, 0) is 48.9 Å². The minimum atomic E-state index is -0.0962. The molecule has 0 saturated heterocycles. The first kappa shape index (κ1) is 17.8. The van der Waals surface area contributed by atoms with E-state index in [0.29, 0.717) is 30.5 Å². The first-order valence-corrected chi connectivity index (χ1v) is 8.88. The van der Waals surface area contributed by atoms with Crippen LogP contribution < -0.4 is 14.2 Å². The Labute approximate surface area is 161 Å². The fourth-order valence-electron chi connectivity index (χ4n) is 2.86. The Morgan fingerprint density at radius 1 is 1.14 bits per heavy atom. The number of hydrogen-bond donors (Lipinski definition) is 0. The van der Waals surface area contributed by atoms with E-state index in [1.807, 2.05) is 25.1 Å². The van der Waals surface area contributed by atoms with E-state index in [1.54, 1.807) is 29.2 Å². The van der Waals surface area contributed by atoms with Crippen molar-refractivity contribution in [2.24, 2.45) is 0 Å². The van der Waals surface area contributed by atoms with Crippen molar-refractivity contribution < 1.29 is 23.4 Å². The summed E-state index contributed by atoms with van der Waals surface area (Å²) in [7, 11) is 0. The van der Waals surface area contributed by atoms with Gasteiger partial charge in [-0.25, -0.2) is 0 Å². The van der Waals surface area contributed by atoms with Crippen LogP contribution in [0.15, 0.2) is 53.3 Å². The van der Waals surface area contributed by atoms with Crippen molar-refractivity contribution >= 4 is 5.91 Å². The molecule has 1 aliphatic heterocycles. The van der Waals surface area contributed by atoms with Crippen LogP contribution in [0.5, 0.6) is 17.2 Å².